The van der Waals surface area contributed by atoms with Crippen LogP contribution in [-0.4, -0.2) is 52.5 Å². The normalized spacial score (nSPS) is 13.9. The van der Waals surface area contributed by atoms with E-state index in [4.69, 9.17) is 23.2 Å². The molecule has 1 aliphatic heterocycles. The summed E-state index contributed by atoms with van der Waals surface area (Å²) in [5.41, 5.74) is 1.35. The lowest BCUT2D eigenvalue weighted by molar-refractivity contribution is -0.125. The Morgan fingerprint density at radius 3 is 1.83 bits per heavy atom. The Morgan fingerprint density at radius 1 is 0.800 bits per heavy atom. The van der Waals surface area contributed by atoms with Crippen molar-refractivity contribution in [2.24, 2.45) is 0 Å². The quantitative estimate of drug-likeness (QED) is 0.367. The van der Waals surface area contributed by atoms with Gasteiger partial charge in [0.25, 0.3) is 17.7 Å². The number of amides is 4. The monoisotopic (exact) mass is 447 g/mol. The number of nitrogens with one attached hydrogen (secondary N) is 2. The lowest BCUT2D eigenvalue weighted by atomic mass is 10.0. The molecule has 1 atom stereocenters. The lowest BCUT2D eigenvalue weighted by Crippen LogP contribution is -2.51. The lowest BCUT2D eigenvalue weighted by Gasteiger charge is -2.25. The van der Waals surface area contributed by atoms with E-state index in [-0.39, 0.29) is 30.6 Å². The molecule has 2 N–H and O–H groups in total. The molecule has 1 unspecified atom stereocenters. The minimum absolute atomic E-state index is 0.0829. The molecule has 1 heterocycles. The highest BCUT2D eigenvalue weighted by molar-refractivity contribution is 6.53. The molecular weight excluding hydrogens is 429 g/mol. The van der Waals surface area contributed by atoms with Gasteiger partial charge in [0.2, 0.25) is 5.91 Å². The minimum atomic E-state index is -1.20. The van der Waals surface area contributed by atoms with Gasteiger partial charge in [0.15, 0.2) is 4.84 Å². The zero-order valence-corrected chi connectivity index (χ0v) is 17.3. The van der Waals surface area contributed by atoms with Gasteiger partial charge in [-0.15, -0.1) is 0 Å². The van der Waals surface area contributed by atoms with Crippen LogP contribution in [0.25, 0.3) is 0 Å². The maximum atomic E-state index is 12.9. The third kappa shape index (κ3) is 4.80. The van der Waals surface area contributed by atoms with E-state index in [0.29, 0.717) is 0 Å². The standard InChI is InChI=1S/C21H19Cl2N3O4/c22-17(23)19(28)25-11-10-24-18(27)16(12-13-6-2-1-3-7-13)26-20(29)14-8-4-5-9-15(14)21(26)30/h1-9,16-17H,10-12H2,(H,24,27)(H,25,28). The SMILES string of the molecule is O=C(NCCNC(=O)C(Cc1ccccc1)N1C(=O)c2ccccc2C1=O)C(Cl)Cl. The molecule has 0 saturated carbocycles. The van der Waals surface area contributed by atoms with Gasteiger partial charge in [-0.25, -0.2) is 0 Å². The molecule has 0 saturated heterocycles. The van der Waals surface area contributed by atoms with Crippen molar-refractivity contribution in [3.63, 3.8) is 0 Å². The first-order valence-electron chi connectivity index (χ1n) is 9.24. The maximum absolute atomic E-state index is 12.9. The van der Waals surface area contributed by atoms with Gasteiger partial charge in [-0.2, -0.15) is 0 Å². The number of carbonyl (C=O) groups excluding carboxylic acids is 4. The number of halogens is 2. The van der Waals surface area contributed by atoms with Crippen LogP contribution in [0.3, 0.4) is 0 Å². The van der Waals surface area contributed by atoms with Crippen molar-refractivity contribution in [3.8, 4) is 0 Å². The number of imide groups is 1. The molecule has 0 fully saturated rings. The van der Waals surface area contributed by atoms with Crippen molar-refractivity contribution in [3.05, 3.63) is 71.3 Å². The number of hydrogen-bond acceptors (Lipinski definition) is 4. The van der Waals surface area contributed by atoms with Gasteiger partial charge in [-0.1, -0.05) is 65.7 Å². The number of fused-ring (bicyclic) bond motifs is 1. The van der Waals surface area contributed by atoms with Crippen LogP contribution in [0, 0.1) is 0 Å². The van der Waals surface area contributed by atoms with Gasteiger partial charge in [0.05, 0.1) is 11.1 Å². The highest BCUT2D eigenvalue weighted by Crippen LogP contribution is 2.26. The van der Waals surface area contributed by atoms with Crippen molar-refractivity contribution in [1.82, 2.24) is 15.5 Å². The Bertz CT molecular complexity index is 931. The summed E-state index contributed by atoms with van der Waals surface area (Å²) in [5, 5.41) is 5.12. The first-order valence-corrected chi connectivity index (χ1v) is 10.1. The molecule has 7 nitrogen and oxygen atoms in total. The number of rotatable bonds is 8. The highest BCUT2D eigenvalue weighted by atomic mass is 35.5. The molecule has 0 spiro atoms. The van der Waals surface area contributed by atoms with E-state index in [1.807, 2.05) is 30.3 Å². The number of carbonyl (C=O) groups is 4. The van der Waals surface area contributed by atoms with E-state index in [1.54, 1.807) is 24.3 Å². The average molecular weight is 448 g/mol. The summed E-state index contributed by atoms with van der Waals surface area (Å²) >= 11 is 10.9. The summed E-state index contributed by atoms with van der Waals surface area (Å²) in [6.07, 6.45) is 0.163. The van der Waals surface area contributed by atoms with Gasteiger partial charge >= 0.3 is 0 Å². The van der Waals surface area contributed by atoms with Crippen molar-refractivity contribution < 1.29 is 19.2 Å². The van der Waals surface area contributed by atoms with Crippen molar-refractivity contribution in [1.29, 1.82) is 0 Å². The Balaban J connectivity index is 1.76. The van der Waals surface area contributed by atoms with Gasteiger partial charge in [0, 0.05) is 19.5 Å². The number of alkyl halides is 2. The van der Waals surface area contributed by atoms with Gasteiger partial charge < -0.3 is 10.6 Å². The summed E-state index contributed by atoms with van der Waals surface area (Å²) in [4.78, 5) is 49.9. The maximum Gasteiger partial charge on any atom is 0.262 e. The fourth-order valence-corrected chi connectivity index (χ4v) is 3.35. The summed E-state index contributed by atoms with van der Waals surface area (Å²) < 4.78 is 0. The number of benzene rings is 2. The zero-order chi connectivity index (χ0) is 21.7. The number of hydrogen-bond donors (Lipinski definition) is 2. The first kappa shape index (κ1) is 21.8. The van der Waals surface area contributed by atoms with Crippen molar-refractivity contribution in [2.45, 2.75) is 17.3 Å². The van der Waals surface area contributed by atoms with E-state index in [1.165, 1.54) is 0 Å². The Kier molecular flexibility index (Phi) is 7.07. The van der Waals surface area contributed by atoms with Crippen LogP contribution in [0.5, 0.6) is 0 Å². The van der Waals surface area contributed by atoms with E-state index in [2.05, 4.69) is 10.6 Å². The molecule has 0 radical (unpaired) electrons. The van der Waals surface area contributed by atoms with Crippen LogP contribution in [0.4, 0.5) is 0 Å². The smallest absolute Gasteiger partial charge is 0.262 e. The van der Waals surface area contributed by atoms with Crippen LogP contribution in [0.1, 0.15) is 26.3 Å². The summed E-state index contributed by atoms with van der Waals surface area (Å²) in [6.45, 7) is 0.181. The third-order valence-electron chi connectivity index (χ3n) is 4.63. The molecule has 2 aromatic carbocycles. The first-order chi connectivity index (χ1) is 14.4. The van der Waals surface area contributed by atoms with Crippen LogP contribution in [0.2, 0.25) is 0 Å². The highest BCUT2D eigenvalue weighted by Gasteiger charge is 2.42. The van der Waals surface area contributed by atoms with E-state index in [0.717, 1.165) is 10.5 Å². The Labute approximate surface area is 183 Å². The largest absolute Gasteiger partial charge is 0.353 e. The van der Waals surface area contributed by atoms with Crippen LogP contribution in [0.15, 0.2) is 54.6 Å². The topological polar surface area (TPSA) is 95.6 Å². The predicted octanol–water partition coefficient (Wildman–Crippen LogP) is 1.93. The second kappa shape index (κ2) is 9.73. The van der Waals surface area contributed by atoms with E-state index >= 15 is 0 Å². The second-order valence-electron chi connectivity index (χ2n) is 6.61. The second-order valence-corrected chi connectivity index (χ2v) is 7.71. The molecule has 156 valence electrons. The van der Waals surface area contributed by atoms with Crippen LogP contribution in [-0.2, 0) is 16.0 Å². The fourth-order valence-electron chi connectivity index (χ4n) is 3.20. The van der Waals surface area contributed by atoms with Gasteiger partial charge in [0.1, 0.15) is 6.04 Å². The molecule has 4 amide bonds. The zero-order valence-electron chi connectivity index (χ0n) is 15.8. The molecular formula is C21H19Cl2N3O4. The van der Waals surface area contributed by atoms with Gasteiger partial charge in [-0.3, -0.25) is 24.1 Å². The minimum Gasteiger partial charge on any atom is -0.353 e. The molecule has 3 rings (SSSR count). The van der Waals surface area contributed by atoms with Crippen molar-refractivity contribution >= 4 is 46.8 Å². The molecule has 9 heteroatoms. The third-order valence-corrected chi connectivity index (χ3v) is 5.03. The Morgan fingerprint density at radius 2 is 1.30 bits per heavy atom. The van der Waals surface area contributed by atoms with E-state index < -0.39 is 34.5 Å². The molecule has 0 aromatic heterocycles. The molecule has 1 aliphatic rings. The van der Waals surface area contributed by atoms with Crippen LogP contribution < -0.4 is 10.6 Å². The molecule has 2 aromatic rings. The molecule has 0 bridgehead atoms. The molecule has 30 heavy (non-hydrogen) atoms. The van der Waals surface area contributed by atoms with Gasteiger partial charge in [-0.05, 0) is 17.7 Å². The van der Waals surface area contributed by atoms with E-state index in [9.17, 15) is 19.2 Å². The summed E-state index contributed by atoms with van der Waals surface area (Å²) in [5.74, 6) is -2.09. The fraction of sp³-hybridized carbons (Fsp3) is 0.238. The Hall–Kier alpha value is -2.90. The molecule has 0 aliphatic carbocycles. The van der Waals surface area contributed by atoms with Crippen LogP contribution >= 0.6 is 23.2 Å². The van der Waals surface area contributed by atoms with Crippen molar-refractivity contribution in [2.75, 3.05) is 13.1 Å². The summed E-state index contributed by atoms with van der Waals surface area (Å²) in [7, 11) is 0. The average Bonchev–Trinajstić information content (AvgIpc) is 3.00. The summed E-state index contributed by atoms with van der Waals surface area (Å²) in [6, 6.07) is 14.5. The predicted molar refractivity (Wildman–Crippen MR) is 112 cm³/mol. The number of nitrogens with zero attached hydrogens (tertiary/aromatic N) is 1.